The molecule has 8 fully saturated rings. The summed E-state index contributed by atoms with van der Waals surface area (Å²) in [7, 11) is 0. The lowest BCUT2D eigenvalue weighted by Gasteiger charge is -2.60. The topological polar surface area (TPSA) is 236 Å². The second kappa shape index (κ2) is 16.2. The van der Waals surface area contributed by atoms with E-state index in [9.17, 15) is 40.9 Å². The normalized spacial score (nSPS) is 59.2. The number of aliphatic hydroxyl groups excluding tert-OH is 8. The largest absolute Gasteiger partial charge is 0.393 e. The molecule has 0 aromatic rings. The van der Waals surface area contributed by atoms with Crippen molar-refractivity contribution in [2.45, 2.75) is 203 Å². The summed E-state index contributed by atoms with van der Waals surface area (Å²) >= 11 is 0. The van der Waals surface area contributed by atoms with E-state index in [1.165, 1.54) is 6.92 Å². The van der Waals surface area contributed by atoms with Gasteiger partial charge in [-0.05, 0) is 87.4 Å². The molecule has 16 nitrogen and oxygen atoms in total. The fourth-order valence-corrected chi connectivity index (χ4v) is 13.8. The Labute approximate surface area is 352 Å². The van der Waals surface area contributed by atoms with Gasteiger partial charge in [-0.3, -0.25) is 0 Å². The van der Waals surface area contributed by atoms with Crippen LogP contribution in [0.2, 0.25) is 0 Å². The highest BCUT2D eigenvalue weighted by Crippen LogP contribution is 2.71. The van der Waals surface area contributed by atoms with Gasteiger partial charge in [0.25, 0.3) is 0 Å². The van der Waals surface area contributed by atoms with Gasteiger partial charge in [0.2, 0.25) is 0 Å². The first-order valence-electron chi connectivity index (χ1n) is 22.7. The van der Waals surface area contributed by atoms with Crippen LogP contribution >= 0.6 is 0 Å². The van der Waals surface area contributed by atoms with Crippen LogP contribution in [-0.2, 0) is 37.9 Å². The van der Waals surface area contributed by atoms with Crippen LogP contribution in [0.1, 0.15) is 92.9 Å². The summed E-state index contributed by atoms with van der Waals surface area (Å²) in [4.78, 5) is 0. The van der Waals surface area contributed by atoms with Crippen molar-refractivity contribution in [3.8, 4) is 0 Å². The zero-order valence-corrected chi connectivity index (χ0v) is 35.8. The Morgan fingerprint density at radius 3 is 2.12 bits per heavy atom. The summed E-state index contributed by atoms with van der Waals surface area (Å²) in [5, 5.41) is 86.8. The third kappa shape index (κ3) is 7.01. The van der Waals surface area contributed by atoms with E-state index in [-0.39, 0.29) is 36.4 Å². The van der Waals surface area contributed by atoms with Gasteiger partial charge < -0.3 is 78.7 Å². The van der Waals surface area contributed by atoms with Crippen LogP contribution in [-0.4, -0.2) is 164 Å². The molecule has 0 aromatic heterocycles. The standard InChI is InChI=1S/C44H70O16/c1-18-9-12-44(54-16-18)19(2)30-28(60-44)15-26-24-8-7-22-13-23(45)14-29(43(22,6)25(24)10-11-42(26,30)5)57-41-38(59-40-36(52)34(50)31(47)20(3)55-40)37(32(48)21(4)56-41)58-39-35(51)33(49)27(46)17-53-39/h7,18-21,23-41,45-52H,8-17H2,1-6H3/t18-,19+,20+,21-,23-,24-,25-,26-,27+,28-,29-,30+,31+,32+,33+,34-,35+,36-,37+,38+,39+,40+,41+,42+,43+,44-/m1/s1. The minimum absolute atomic E-state index is 0.0699. The van der Waals surface area contributed by atoms with Crippen LogP contribution < -0.4 is 0 Å². The average molecular weight is 855 g/mol. The molecule has 0 unspecified atom stereocenters. The summed E-state index contributed by atoms with van der Waals surface area (Å²) in [6, 6.07) is 0. The Balaban J connectivity index is 1.01. The number of hydrogen-bond donors (Lipinski definition) is 8. The van der Waals surface area contributed by atoms with Gasteiger partial charge in [-0.2, -0.15) is 0 Å². The molecule has 3 saturated carbocycles. The lowest BCUT2D eigenvalue weighted by atomic mass is 9.46. The van der Waals surface area contributed by atoms with Crippen molar-refractivity contribution in [3.63, 3.8) is 0 Å². The minimum atomic E-state index is -1.72. The van der Waals surface area contributed by atoms with Crippen molar-refractivity contribution in [2.24, 2.45) is 46.3 Å². The van der Waals surface area contributed by atoms with E-state index in [1.807, 2.05) is 0 Å². The smallest absolute Gasteiger partial charge is 0.187 e. The third-order valence-electron chi connectivity index (χ3n) is 17.3. The molecule has 9 rings (SSSR count). The Morgan fingerprint density at radius 2 is 1.38 bits per heavy atom. The molecule has 0 amide bonds. The fraction of sp³-hybridized carbons (Fsp3) is 0.955. The average Bonchev–Trinajstić information content (AvgIpc) is 3.66. The third-order valence-corrected chi connectivity index (χ3v) is 17.3. The second-order valence-corrected chi connectivity index (χ2v) is 20.7. The van der Waals surface area contributed by atoms with Gasteiger partial charge in [0.1, 0.15) is 54.9 Å². The number of ether oxygens (including phenoxy) is 8. The molecule has 0 aromatic carbocycles. The van der Waals surface area contributed by atoms with Crippen LogP contribution in [0.15, 0.2) is 11.6 Å². The Morgan fingerprint density at radius 1 is 0.683 bits per heavy atom. The summed E-state index contributed by atoms with van der Waals surface area (Å²) in [5.74, 6) is 1.67. The monoisotopic (exact) mass is 854 g/mol. The molecule has 4 aliphatic carbocycles. The summed E-state index contributed by atoms with van der Waals surface area (Å²) < 4.78 is 51.1. The predicted octanol–water partition coefficient (Wildman–Crippen LogP) is 0.852. The maximum atomic E-state index is 11.6. The van der Waals surface area contributed by atoms with Crippen molar-refractivity contribution in [2.75, 3.05) is 13.2 Å². The quantitative estimate of drug-likeness (QED) is 0.173. The van der Waals surface area contributed by atoms with Gasteiger partial charge in [-0.25, -0.2) is 0 Å². The molecule has 342 valence electrons. The molecule has 26 atom stereocenters. The molecule has 1 spiro atoms. The van der Waals surface area contributed by atoms with Crippen LogP contribution in [0.4, 0.5) is 0 Å². The van der Waals surface area contributed by atoms with E-state index < -0.39 is 109 Å². The second-order valence-electron chi connectivity index (χ2n) is 20.7. The van der Waals surface area contributed by atoms with Crippen molar-refractivity contribution in [1.29, 1.82) is 0 Å². The lowest BCUT2D eigenvalue weighted by Crippen LogP contribution is -2.66. The molecular formula is C44H70O16. The van der Waals surface area contributed by atoms with Gasteiger partial charge >= 0.3 is 0 Å². The van der Waals surface area contributed by atoms with Gasteiger partial charge in [0.15, 0.2) is 24.7 Å². The minimum Gasteiger partial charge on any atom is -0.393 e. The highest BCUT2D eigenvalue weighted by atomic mass is 16.8. The predicted molar refractivity (Wildman–Crippen MR) is 208 cm³/mol. The van der Waals surface area contributed by atoms with Gasteiger partial charge in [-0.15, -0.1) is 0 Å². The fourth-order valence-electron chi connectivity index (χ4n) is 13.8. The molecular weight excluding hydrogens is 784 g/mol. The van der Waals surface area contributed by atoms with Gasteiger partial charge in [0, 0.05) is 24.2 Å². The van der Waals surface area contributed by atoms with Crippen molar-refractivity contribution >= 4 is 0 Å². The molecule has 5 aliphatic heterocycles. The lowest BCUT2D eigenvalue weighted by molar-refractivity contribution is -0.391. The molecule has 16 heteroatoms. The van der Waals surface area contributed by atoms with Crippen LogP contribution in [0.5, 0.6) is 0 Å². The SMILES string of the molecule is C[C@@H]1CC[C@@]2(OC1)O[C@@H]1C[C@@H]3[C@@H]4CC=C5C[C@@H](O)C[C@@H](O[C@@H]6O[C@H](C)[C@H](O)[C@H](O[C@@H]7OC[C@H](O)[C@H](O)[C@@H]7O)[C@@H]6O[C@@H]6O[C@@H](C)[C@H](O)[C@@H](O)[C@H]6O)[C@]5(C)[C@@H]4CC[C@]3(C)[C@H]1[C@@H]2C. The van der Waals surface area contributed by atoms with E-state index >= 15 is 0 Å². The van der Waals surface area contributed by atoms with E-state index in [2.05, 4.69) is 33.8 Å². The highest BCUT2D eigenvalue weighted by Gasteiger charge is 2.69. The summed E-state index contributed by atoms with van der Waals surface area (Å²) in [6.45, 7) is 12.8. The van der Waals surface area contributed by atoms with Crippen molar-refractivity contribution in [3.05, 3.63) is 11.6 Å². The zero-order chi connectivity index (χ0) is 42.8. The molecule has 8 N–H and O–H groups in total. The van der Waals surface area contributed by atoms with Crippen molar-refractivity contribution in [1.82, 2.24) is 0 Å². The van der Waals surface area contributed by atoms with E-state index in [0.29, 0.717) is 30.1 Å². The first-order valence-corrected chi connectivity index (χ1v) is 22.7. The highest BCUT2D eigenvalue weighted by molar-refractivity contribution is 5.29. The molecule has 0 bridgehead atoms. The Bertz CT molecular complexity index is 1580. The van der Waals surface area contributed by atoms with E-state index in [0.717, 1.165) is 50.7 Å². The number of rotatable bonds is 6. The van der Waals surface area contributed by atoms with Crippen molar-refractivity contribution < 1.29 is 78.7 Å². The van der Waals surface area contributed by atoms with Crippen LogP contribution in [0.25, 0.3) is 0 Å². The van der Waals surface area contributed by atoms with E-state index in [4.69, 9.17) is 37.9 Å². The molecule has 5 heterocycles. The maximum Gasteiger partial charge on any atom is 0.187 e. The van der Waals surface area contributed by atoms with E-state index in [1.54, 1.807) is 6.92 Å². The Kier molecular flexibility index (Phi) is 12.0. The summed E-state index contributed by atoms with van der Waals surface area (Å²) in [6.07, 6.45) is -12.0. The number of hydrogen-bond acceptors (Lipinski definition) is 16. The number of aliphatic hydroxyl groups is 8. The summed E-state index contributed by atoms with van der Waals surface area (Å²) in [5.41, 5.74) is 0.681. The Hall–Kier alpha value is -0.900. The van der Waals surface area contributed by atoms with Gasteiger partial charge in [-0.1, -0.05) is 39.3 Å². The molecule has 60 heavy (non-hydrogen) atoms. The maximum absolute atomic E-state index is 11.6. The zero-order valence-electron chi connectivity index (χ0n) is 35.8. The molecule has 9 aliphatic rings. The van der Waals surface area contributed by atoms with Gasteiger partial charge in [0.05, 0.1) is 43.7 Å². The van der Waals surface area contributed by atoms with Crippen LogP contribution in [0, 0.1) is 46.3 Å². The number of allylic oxidation sites excluding steroid dienone is 1. The van der Waals surface area contributed by atoms with Crippen LogP contribution in [0.3, 0.4) is 0 Å². The first-order chi connectivity index (χ1) is 28.4. The molecule has 0 radical (unpaired) electrons. The number of fused-ring (bicyclic) bond motifs is 7. The first kappa shape index (κ1) is 44.3. The molecule has 5 saturated heterocycles.